The van der Waals surface area contributed by atoms with Gasteiger partial charge in [-0.3, -0.25) is 14.8 Å². The molecule has 5 rings (SSSR count). The predicted molar refractivity (Wildman–Crippen MR) is 151 cm³/mol. The van der Waals surface area contributed by atoms with Crippen LogP contribution in [-0.2, 0) is 0 Å². The molecule has 0 radical (unpaired) electrons. The van der Waals surface area contributed by atoms with Crippen LogP contribution in [0.15, 0.2) is 54.6 Å². The van der Waals surface area contributed by atoms with Crippen molar-refractivity contribution in [3.05, 3.63) is 60.2 Å². The van der Waals surface area contributed by atoms with Crippen LogP contribution in [0.2, 0.25) is 0 Å². The van der Waals surface area contributed by atoms with Crippen LogP contribution >= 0.6 is 0 Å². The van der Waals surface area contributed by atoms with Gasteiger partial charge in [0, 0.05) is 29.1 Å². The van der Waals surface area contributed by atoms with Crippen molar-refractivity contribution in [2.75, 3.05) is 26.2 Å². The number of benzene rings is 3. The molecule has 1 fully saturated rings. The minimum absolute atomic E-state index is 0.0384. The Morgan fingerprint density at radius 2 is 1.97 bits per heavy atom. The monoisotopic (exact) mass is 498 g/mol. The van der Waals surface area contributed by atoms with Gasteiger partial charge in [0.25, 0.3) is 5.91 Å². The van der Waals surface area contributed by atoms with Crippen LogP contribution in [0.4, 0.5) is 0 Å². The van der Waals surface area contributed by atoms with Gasteiger partial charge >= 0.3 is 0 Å². The summed E-state index contributed by atoms with van der Waals surface area (Å²) in [6.45, 7) is 10.3. The molecule has 6 nitrogen and oxygen atoms in total. The summed E-state index contributed by atoms with van der Waals surface area (Å²) in [6.07, 6.45) is 4.57. The summed E-state index contributed by atoms with van der Waals surface area (Å²) >= 11 is 0. The average molecular weight is 499 g/mol. The highest BCUT2D eigenvalue weighted by Gasteiger charge is 2.23. The summed E-state index contributed by atoms with van der Waals surface area (Å²) in [4.78, 5) is 15.2. The minimum atomic E-state index is -0.0384. The second kappa shape index (κ2) is 11.3. The third kappa shape index (κ3) is 5.80. The number of ether oxygens (including phenoxy) is 1. The molecule has 0 spiro atoms. The number of nitrogens with one attached hydrogen (secondary N) is 2. The number of likely N-dealkylation sites (N-methyl/N-ethyl adjacent to an activating group) is 1. The summed E-state index contributed by atoms with van der Waals surface area (Å²) in [5.74, 6) is 1.52. The molecular formula is C31H38N4O2. The van der Waals surface area contributed by atoms with Crippen molar-refractivity contribution in [2.45, 2.75) is 52.5 Å². The molecule has 1 atom stereocenters. The molecule has 0 unspecified atom stereocenters. The smallest absolute Gasteiger partial charge is 0.251 e. The third-order valence-corrected chi connectivity index (χ3v) is 7.50. The zero-order valence-electron chi connectivity index (χ0n) is 22.2. The molecule has 1 aromatic heterocycles. The highest BCUT2D eigenvalue weighted by molar-refractivity contribution is 6.02. The Morgan fingerprint density at radius 3 is 2.81 bits per heavy atom. The van der Waals surface area contributed by atoms with E-state index < -0.39 is 0 Å². The van der Waals surface area contributed by atoms with E-state index in [0.29, 0.717) is 24.1 Å². The maximum absolute atomic E-state index is 12.7. The predicted octanol–water partition coefficient (Wildman–Crippen LogP) is 6.41. The van der Waals surface area contributed by atoms with Gasteiger partial charge in [-0.05, 0) is 91.9 Å². The van der Waals surface area contributed by atoms with Crippen molar-refractivity contribution >= 4 is 27.6 Å². The largest absolute Gasteiger partial charge is 0.492 e. The van der Waals surface area contributed by atoms with E-state index in [2.05, 4.69) is 77.6 Å². The Morgan fingerprint density at radius 1 is 1.14 bits per heavy atom. The summed E-state index contributed by atoms with van der Waals surface area (Å²) in [7, 11) is 0. The quantitative estimate of drug-likeness (QED) is 0.248. The molecule has 1 aliphatic heterocycles. The molecule has 194 valence electrons. The summed E-state index contributed by atoms with van der Waals surface area (Å²) < 4.78 is 6.18. The fourth-order valence-electron chi connectivity index (χ4n) is 5.34. The maximum atomic E-state index is 12.7. The SMILES string of the molecule is CCN1CCC[C@@H]1COc1ccc2cc(-c3n[nH]c4ccc(C(=O)NCCCC(C)C)cc34)ccc2c1. The van der Waals surface area contributed by atoms with Crippen LogP contribution < -0.4 is 10.1 Å². The van der Waals surface area contributed by atoms with E-state index in [9.17, 15) is 4.79 Å². The van der Waals surface area contributed by atoms with Crippen molar-refractivity contribution in [1.82, 2.24) is 20.4 Å². The van der Waals surface area contributed by atoms with Crippen LogP contribution in [0.3, 0.4) is 0 Å². The van der Waals surface area contributed by atoms with Gasteiger partial charge in [0.15, 0.2) is 0 Å². The van der Waals surface area contributed by atoms with Gasteiger partial charge in [-0.2, -0.15) is 5.10 Å². The second-order valence-corrected chi connectivity index (χ2v) is 10.6. The van der Waals surface area contributed by atoms with E-state index in [1.165, 1.54) is 19.4 Å². The first-order valence-electron chi connectivity index (χ1n) is 13.7. The van der Waals surface area contributed by atoms with Gasteiger partial charge in [-0.1, -0.05) is 39.0 Å². The Bertz CT molecular complexity index is 1380. The van der Waals surface area contributed by atoms with E-state index in [1.54, 1.807) is 0 Å². The van der Waals surface area contributed by atoms with E-state index in [4.69, 9.17) is 4.74 Å². The number of aromatic nitrogens is 2. The summed E-state index contributed by atoms with van der Waals surface area (Å²) in [5, 5.41) is 14.0. The van der Waals surface area contributed by atoms with E-state index in [-0.39, 0.29) is 5.91 Å². The van der Waals surface area contributed by atoms with Gasteiger partial charge in [-0.15, -0.1) is 0 Å². The molecule has 37 heavy (non-hydrogen) atoms. The van der Waals surface area contributed by atoms with E-state index in [1.807, 2.05) is 18.2 Å². The van der Waals surface area contributed by atoms with Crippen molar-refractivity contribution in [2.24, 2.45) is 5.92 Å². The fraction of sp³-hybridized carbons (Fsp3) is 0.419. The topological polar surface area (TPSA) is 70.2 Å². The van der Waals surface area contributed by atoms with Gasteiger partial charge in [0.05, 0.1) is 11.2 Å². The first kappa shape index (κ1) is 25.3. The lowest BCUT2D eigenvalue weighted by molar-refractivity contribution is 0.0952. The van der Waals surface area contributed by atoms with Crippen LogP contribution in [-0.4, -0.2) is 53.3 Å². The molecule has 3 aromatic carbocycles. The minimum Gasteiger partial charge on any atom is -0.492 e. The molecule has 6 heteroatoms. The Hall–Kier alpha value is -3.38. The number of carbonyl (C=O) groups is 1. The highest BCUT2D eigenvalue weighted by atomic mass is 16.5. The number of hydrogen-bond acceptors (Lipinski definition) is 4. The molecule has 0 saturated carbocycles. The number of fused-ring (bicyclic) bond motifs is 2. The van der Waals surface area contributed by atoms with Gasteiger partial charge in [0.1, 0.15) is 12.4 Å². The molecule has 1 aliphatic rings. The first-order valence-corrected chi connectivity index (χ1v) is 13.7. The van der Waals surface area contributed by atoms with Crippen molar-refractivity contribution in [1.29, 1.82) is 0 Å². The standard InChI is InChI=1S/C31H38N4O2/c1-4-35-16-6-8-26(35)20-37-27-13-11-22-17-24(10-9-23(22)18-27)30-28-19-25(12-14-29(28)33-34-30)31(36)32-15-5-7-21(2)3/h9-14,17-19,21,26H,4-8,15-16,20H2,1-3H3,(H,32,36)(H,33,34)/t26-/m1/s1. The Balaban J connectivity index is 1.31. The molecule has 1 amide bonds. The van der Waals surface area contributed by atoms with Gasteiger partial charge in [0.2, 0.25) is 0 Å². The number of hydrogen-bond donors (Lipinski definition) is 2. The zero-order chi connectivity index (χ0) is 25.8. The van der Waals surface area contributed by atoms with Crippen LogP contribution in [0, 0.1) is 5.92 Å². The number of H-pyrrole nitrogens is 1. The molecule has 4 aromatic rings. The zero-order valence-corrected chi connectivity index (χ0v) is 22.2. The van der Waals surface area contributed by atoms with E-state index in [0.717, 1.165) is 64.7 Å². The summed E-state index contributed by atoms with van der Waals surface area (Å²) in [5.41, 5.74) is 3.45. The lowest BCUT2D eigenvalue weighted by atomic mass is 10.0. The highest BCUT2D eigenvalue weighted by Crippen LogP contribution is 2.31. The number of carbonyl (C=O) groups excluding carboxylic acids is 1. The van der Waals surface area contributed by atoms with Crippen LogP contribution in [0.25, 0.3) is 32.9 Å². The number of nitrogens with zero attached hydrogens (tertiary/aromatic N) is 2. The third-order valence-electron chi connectivity index (χ3n) is 7.50. The normalized spacial score (nSPS) is 16.2. The fourth-order valence-corrected chi connectivity index (χ4v) is 5.34. The lowest BCUT2D eigenvalue weighted by Gasteiger charge is -2.22. The maximum Gasteiger partial charge on any atom is 0.251 e. The Labute approximate surface area is 219 Å². The van der Waals surface area contributed by atoms with Crippen molar-refractivity contribution in [3.63, 3.8) is 0 Å². The van der Waals surface area contributed by atoms with Gasteiger partial charge < -0.3 is 10.1 Å². The molecule has 2 heterocycles. The molecular weight excluding hydrogens is 460 g/mol. The molecule has 2 N–H and O–H groups in total. The van der Waals surface area contributed by atoms with Crippen molar-refractivity contribution in [3.8, 4) is 17.0 Å². The van der Waals surface area contributed by atoms with Crippen molar-refractivity contribution < 1.29 is 9.53 Å². The summed E-state index contributed by atoms with van der Waals surface area (Å²) in [6, 6.07) is 18.9. The van der Waals surface area contributed by atoms with Crippen LogP contribution in [0.5, 0.6) is 5.75 Å². The van der Waals surface area contributed by atoms with E-state index >= 15 is 0 Å². The second-order valence-electron chi connectivity index (χ2n) is 10.6. The Kier molecular flexibility index (Phi) is 7.75. The van der Waals surface area contributed by atoms with Gasteiger partial charge in [-0.25, -0.2) is 0 Å². The molecule has 0 aliphatic carbocycles. The number of rotatable bonds is 10. The lowest BCUT2D eigenvalue weighted by Crippen LogP contribution is -2.33. The number of amides is 1. The number of likely N-dealkylation sites (tertiary alicyclic amines) is 1. The molecule has 1 saturated heterocycles. The number of aromatic amines is 1. The molecule has 0 bridgehead atoms. The first-order chi connectivity index (χ1) is 18.0. The van der Waals surface area contributed by atoms with Crippen LogP contribution in [0.1, 0.15) is 56.8 Å². The average Bonchev–Trinajstić information content (AvgIpc) is 3.55.